The molecule has 17 heavy (non-hydrogen) atoms. The largest absolute Gasteiger partial charge is 0.329 e. The van der Waals surface area contributed by atoms with Gasteiger partial charge in [-0.1, -0.05) is 6.07 Å². The lowest BCUT2D eigenvalue weighted by Crippen LogP contribution is -2.42. The average Bonchev–Trinajstić information content (AvgIpc) is 3.01. The Morgan fingerprint density at radius 2 is 2.12 bits per heavy atom. The molecule has 0 saturated heterocycles. The number of benzene rings is 1. The van der Waals surface area contributed by atoms with Gasteiger partial charge in [-0.05, 0) is 37.5 Å². The van der Waals surface area contributed by atoms with Gasteiger partial charge in [-0.15, -0.1) is 0 Å². The van der Waals surface area contributed by atoms with Gasteiger partial charge < -0.3 is 5.73 Å². The van der Waals surface area contributed by atoms with Crippen molar-refractivity contribution in [1.29, 1.82) is 0 Å². The second-order valence-corrected chi connectivity index (χ2v) is 6.15. The molecular formula is C11H15FN2O2S. The summed E-state index contributed by atoms with van der Waals surface area (Å²) in [6.45, 7) is 1.90. The van der Waals surface area contributed by atoms with Gasteiger partial charge in [0.2, 0.25) is 10.0 Å². The third-order valence-corrected chi connectivity index (χ3v) is 4.76. The molecule has 94 valence electrons. The molecule has 0 amide bonds. The van der Waals surface area contributed by atoms with E-state index in [4.69, 9.17) is 5.73 Å². The number of hydrogen-bond donors (Lipinski definition) is 2. The smallest absolute Gasteiger partial charge is 0.241 e. The van der Waals surface area contributed by atoms with Crippen LogP contribution in [0.15, 0.2) is 23.1 Å². The van der Waals surface area contributed by atoms with Crippen LogP contribution in [0, 0.1) is 12.7 Å². The lowest BCUT2D eigenvalue weighted by molar-refractivity contribution is 0.542. The molecular weight excluding hydrogens is 243 g/mol. The summed E-state index contributed by atoms with van der Waals surface area (Å²) in [6, 6.07) is 3.72. The van der Waals surface area contributed by atoms with E-state index < -0.39 is 21.4 Å². The summed E-state index contributed by atoms with van der Waals surface area (Å²) in [5, 5.41) is 0. The molecule has 1 saturated carbocycles. The molecule has 0 spiro atoms. The van der Waals surface area contributed by atoms with Crippen molar-refractivity contribution in [2.45, 2.75) is 30.2 Å². The lowest BCUT2D eigenvalue weighted by atomic mass is 10.2. The van der Waals surface area contributed by atoms with Gasteiger partial charge >= 0.3 is 0 Å². The Balaban J connectivity index is 2.35. The Morgan fingerprint density at radius 1 is 1.47 bits per heavy atom. The van der Waals surface area contributed by atoms with E-state index in [1.165, 1.54) is 12.1 Å². The summed E-state index contributed by atoms with van der Waals surface area (Å²) in [7, 11) is -3.69. The molecule has 3 N–H and O–H groups in total. The van der Waals surface area contributed by atoms with Crippen LogP contribution in [0.25, 0.3) is 0 Å². The van der Waals surface area contributed by atoms with Gasteiger partial charge in [-0.3, -0.25) is 0 Å². The Morgan fingerprint density at radius 3 is 2.65 bits per heavy atom. The molecule has 1 aliphatic carbocycles. The van der Waals surface area contributed by atoms with E-state index >= 15 is 0 Å². The second-order valence-electron chi connectivity index (χ2n) is 4.50. The van der Waals surface area contributed by atoms with Gasteiger partial charge in [0.15, 0.2) is 0 Å². The number of hydrogen-bond acceptors (Lipinski definition) is 3. The van der Waals surface area contributed by atoms with E-state index in [9.17, 15) is 12.8 Å². The Hall–Kier alpha value is -0.980. The molecule has 2 rings (SSSR count). The maximum Gasteiger partial charge on any atom is 0.241 e. The number of nitrogens with one attached hydrogen (secondary N) is 1. The van der Waals surface area contributed by atoms with E-state index in [0.717, 1.165) is 18.9 Å². The topological polar surface area (TPSA) is 72.2 Å². The van der Waals surface area contributed by atoms with Crippen molar-refractivity contribution in [3.05, 3.63) is 29.6 Å². The highest BCUT2D eigenvalue weighted by atomic mass is 32.2. The number of halogens is 1. The molecule has 0 heterocycles. The summed E-state index contributed by atoms with van der Waals surface area (Å²) in [6.07, 6.45) is 1.47. The molecule has 0 unspecified atom stereocenters. The standard InChI is InChI=1S/C11H15FN2O2S/c1-8-2-3-9(12)6-10(8)17(15,16)14-11(7-13)4-5-11/h2-3,6,14H,4-5,7,13H2,1H3. The molecule has 6 heteroatoms. The molecule has 0 aliphatic heterocycles. The van der Waals surface area contributed by atoms with Crippen LogP contribution in [0.3, 0.4) is 0 Å². The fourth-order valence-electron chi connectivity index (χ4n) is 1.70. The SMILES string of the molecule is Cc1ccc(F)cc1S(=O)(=O)NC1(CN)CC1. The third-order valence-electron chi connectivity index (χ3n) is 3.03. The molecule has 1 aromatic rings. The lowest BCUT2D eigenvalue weighted by Gasteiger charge is -2.16. The number of aryl methyl sites for hydroxylation is 1. The normalized spacial score (nSPS) is 18.1. The van der Waals surface area contributed by atoms with Gasteiger partial charge in [0.25, 0.3) is 0 Å². The highest BCUT2D eigenvalue weighted by Gasteiger charge is 2.45. The Labute approximate surface area is 100 Å². The van der Waals surface area contributed by atoms with Gasteiger partial charge in [-0.2, -0.15) is 0 Å². The number of nitrogens with two attached hydrogens (primary N) is 1. The predicted octanol–water partition coefficient (Wildman–Crippen LogP) is 0.904. The quantitative estimate of drug-likeness (QED) is 0.843. The van der Waals surface area contributed by atoms with Crippen molar-refractivity contribution in [2.75, 3.05) is 6.54 Å². The van der Waals surface area contributed by atoms with Crippen LogP contribution < -0.4 is 10.5 Å². The predicted molar refractivity (Wildman–Crippen MR) is 62.5 cm³/mol. The van der Waals surface area contributed by atoms with Crippen LogP contribution in [0.4, 0.5) is 4.39 Å². The van der Waals surface area contributed by atoms with Crippen LogP contribution >= 0.6 is 0 Å². The van der Waals surface area contributed by atoms with Gasteiger partial charge in [0.05, 0.1) is 4.90 Å². The number of rotatable bonds is 4. The van der Waals surface area contributed by atoms with E-state index in [0.29, 0.717) is 5.56 Å². The first-order valence-corrected chi connectivity index (χ1v) is 6.87. The molecule has 1 fully saturated rings. The van der Waals surface area contributed by atoms with Gasteiger partial charge in [-0.25, -0.2) is 17.5 Å². The summed E-state index contributed by atoms with van der Waals surface area (Å²) in [4.78, 5) is -0.0165. The Bertz CT molecular complexity index is 538. The molecule has 0 atom stereocenters. The summed E-state index contributed by atoms with van der Waals surface area (Å²) < 4.78 is 39.8. The van der Waals surface area contributed by atoms with Crippen molar-refractivity contribution >= 4 is 10.0 Å². The molecule has 1 aliphatic rings. The van der Waals surface area contributed by atoms with Crippen molar-refractivity contribution < 1.29 is 12.8 Å². The Kier molecular flexibility index (Phi) is 2.97. The maximum absolute atomic E-state index is 13.1. The first kappa shape index (κ1) is 12.5. The average molecular weight is 258 g/mol. The van der Waals surface area contributed by atoms with Crippen LogP contribution in [0.1, 0.15) is 18.4 Å². The van der Waals surface area contributed by atoms with E-state index in [2.05, 4.69) is 4.72 Å². The van der Waals surface area contributed by atoms with E-state index in [-0.39, 0.29) is 11.4 Å². The highest BCUT2D eigenvalue weighted by molar-refractivity contribution is 7.89. The molecule has 4 nitrogen and oxygen atoms in total. The number of sulfonamides is 1. The minimum absolute atomic E-state index is 0.0165. The third kappa shape index (κ3) is 2.48. The van der Waals surface area contributed by atoms with Gasteiger partial charge in [0, 0.05) is 12.1 Å². The van der Waals surface area contributed by atoms with Crippen LogP contribution in [0.2, 0.25) is 0 Å². The zero-order chi connectivity index (χ0) is 12.7. The van der Waals surface area contributed by atoms with Crippen molar-refractivity contribution in [3.63, 3.8) is 0 Å². The van der Waals surface area contributed by atoms with Crippen molar-refractivity contribution in [3.8, 4) is 0 Å². The monoisotopic (exact) mass is 258 g/mol. The molecule has 0 bridgehead atoms. The fourth-order valence-corrected chi connectivity index (χ4v) is 3.43. The summed E-state index contributed by atoms with van der Waals surface area (Å²) in [5.74, 6) is -0.562. The zero-order valence-corrected chi connectivity index (χ0v) is 10.3. The maximum atomic E-state index is 13.1. The minimum Gasteiger partial charge on any atom is -0.329 e. The van der Waals surface area contributed by atoms with Crippen LogP contribution in [-0.4, -0.2) is 20.5 Å². The first-order valence-electron chi connectivity index (χ1n) is 5.39. The van der Waals surface area contributed by atoms with Gasteiger partial charge in [0.1, 0.15) is 5.82 Å². The summed E-state index contributed by atoms with van der Waals surface area (Å²) >= 11 is 0. The van der Waals surface area contributed by atoms with Crippen molar-refractivity contribution in [1.82, 2.24) is 4.72 Å². The minimum atomic E-state index is -3.69. The highest BCUT2D eigenvalue weighted by Crippen LogP contribution is 2.35. The molecule has 0 aromatic heterocycles. The van der Waals surface area contributed by atoms with E-state index in [1.807, 2.05) is 0 Å². The van der Waals surface area contributed by atoms with Crippen molar-refractivity contribution in [2.24, 2.45) is 5.73 Å². The van der Waals surface area contributed by atoms with Crippen LogP contribution in [0.5, 0.6) is 0 Å². The fraction of sp³-hybridized carbons (Fsp3) is 0.455. The van der Waals surface area contributed by atoms with E-state index in [1.54, 1.807) is 6.92 Å². The molecule has 1 aromatic carbocycles. The molecule has 0 radical (unpaired) electrons. The zero-order valence-electron chi connectivity index (χ0n) is 9.53. The second kappa shape index (κ2) is 4.04. The van der Waals surface area contributed by atoms with Crippen LogP contribution in [-0.2, 0) is 10.0 Å². The summed E-state index contributed by atoms with van der Waals surface area (Å²) in [5.41, 5.74) is 5.52. The first-order chi connectivity index (χ1) is 7.88.